The maximum Gasteiger partial charge on any atom is 0.127 e. The van der Waals surface area contributed by atoms with Crippen LogP contribution in [-0.2, 0) is 4.74 Å². The van der Waals surface area contributed by atoms with Crippen LogP contribution in [0.15, 0.2) is 18.2 Å². The smallest absolute Gasteiger partial charge is 0.127 e. The summed E-state index contributed by atoms with van der Waals surface area (Å²) in [7, 11) is 1.65. The number of nitrogens with two attached hydrogens (primary N) is 1. The topological polar surface area (TPSA) is 53.7 Å². The van der Waals surface area contributed by atoms with Gasteiger partial charge in [0.05, 0.1) is 19.8 Å². The van der Waals surface area contributed by atoms with Gasteiger partial charge >= 0.3 is 0 Å². The molecule has 0 saturated carbocycles. The summed E-state index contributed by atoms with van der Waals surface area (Å²) < 4.78 is 16.7. The number of rotatable bonds is 6. The molecule has 1 fully saturated rings. The van der Waals surface area contributed by atoms with Gasteiger partial charge in [0.25, 0.3) is 0 Å². The van der Waals surface area contributed by atoms with Crippen LogP contribution in [0.2, 0.25) is 0 Å². The molecule has 0 aromatic heterocycles. The molecule has 1 aliphatic heterocycles. The Morgan fingerprint density at radius 2 is 2.32 bits per heavy atom. The Kier molecular flexibility index (Phi) is 5.05. The van der Waals surface area contributed by atoms with Gasteiger partial charge in [0.1, 0.15) is 11.5 Å². The first-order chi connectivity index (χ1) is 9.20. The molecule has 106 valence electrons. The van der Waals surface area contributed by atoms with Crippen LogP contribution < -0.4 is 15.2 Å². The molecule has 1 aromatic carbocycles. The second-order valence-electron chi connectivity index (χ2n) is 4.96. The predicted molar refractivity (Wildman–Crippen MR) is 74.7 cm³/mol. The molecule has 0 aliphatic carbocycles. The van der Waals surface area contributed by atoms with Crippen molar-refractivity contribution in [2.24, 2.45) is 5.73 Å². The third-order valence-electron chi connectivity index (χ3n) is 3.43. The molecule has 0 radical (unpaired) electrons. The number of hydrogen-bond acceptors (Lipinski definition) is 4. The molecule has 1 unspecified atom stereocenters. The molecule has 0 bridgehead atoms. The largest absolute Gasteiger partial charge is 0.497 e. The number of hydrogen-bond donors (Lipinski definition) is 1. The Labute approximate surface area is 114 Å². The van der Waals surface area contributed by atoms with E-state index in [2.05, 4.69) is 0 Å². The summed E-state index contributed by atoms with van der Waals surface area (Å²) in [5.74, 6) is 1.60. The normalized spacial score (nSPS) is 20.3. The second-order valence-corrected chi connectivity index (χ2v) is 4.96. The quantitative estimate of drug-likeness (QED) is 0.859. The Bertz CT molecular complexity index is 400. The van der Waals surface area contributed by atoms with E-state index in [1.165, 1.54) is 0 Å². The SMILES string of the molecule is COc1ccc([C@H](C)N)c(OCCC2CCCO2)c1. The second kappa shape index (κ2) is 6.78. The van der Waals surface area contributed by atoms with Crippen molar-refractivity contribution in [2.75, 3.05) is 20.3 Å². The van der Waals surface area contributed by atoms with E-state index in [9.17, 15) is 0 Å². The van der Waals surface area contributed by atoms with Crippen LogP contribution in [0.3, 0.4) is 0 Å². The van der Waals surface area contributed by atoms with Gasteiger partial charge in [-0.1, -0.05) is 6.07 Å². The van der Waals surface area contributed by atoms with Crippen molar-refractivity contribution in [3.8, 4) is 11.5 Å². The van der Waals surface area contributed by atoms with Gasteiger partial charge in [-0.15, -0.1) is 0 Å². The van der Waals surface area contributed by atoms with Crippen LogP contribution in [0.4, 0.5) is 0 Å². The molecule has 2 rings (SSSR count). The van der Waals surface area contributed by atoms with Crippen LogP contribution in [0.25, 0.3) is 0 Å². The van der Waals surface area contributed by atoms with Gasteiger partial charge in [-0.05, 0) is 25.8 Å². The van der Waals surface area contributed by atoms with Crippen molar-refractivity contribution in [2.45, 2.75) is 38.3 Å². The van der Waals surface area contributed by atoms with Crippen LogP contribution in [0.5, 0.6) is 11.5 Å². The zero-order chi connectivity index (χ0) is 13.7. The summed E-state index contributed by atoms with van der Waals surface area (Å²) in [6.45, 7) is 3.49. The van der Waals surface area contributed by atoms with E-state index in [0.717, 1.165) is 42.9 Å². The third-order valence-corrected chi connectivity index (χ3v) is 3.43. The van der Waals surface area contributed by atoms with Crippen molar-refractivity contribution in [1.82, 2.24) is 0 Å². The fourth-order valence-electron chi connectivity index (χ4n) is 2.32. The summed E-state index contributed by atoms with van der Waals surface area (Å²) in [4.78, 5) is 0. The average Bonchev–Trinajstić information content (AvgIpc) is 2.91. The molecular formula is C15H23NO3. The lowest BCUT2D eigenvalue weighted by Gasteiger charge is -2.16. The van der Waals surface area contributed by atoms with Crippen molar-refractivity contribution in [1.29, 1.82) is 0 Å². The lowest BCUT2D eigenvalue weighted by Crippen LogP contribution is -2.13. The Morgan fingerprint density at radius 1 is 1.47 bits per heavy atom. The minimum Gasteiger partial charge on any atom is -0.497 e. The van der Waals surface area contributed by atoms with E-state index in [1.807, 2.05) is 25.1 Å². The summed E-state index contributed by atoms with van der Waals surface area (Å²) in [6.07, 6.45) is 3.58. The highest BCUT2D eigenvalue weighted by Gasteiger charge is 2.16. The predicted octanol–water partition coefficient (Wildman–Crippen LogP) is 2.66. The molecular weight excluding hydrogens is 242 g/mol. The first-order valence-corrected chi connectivity index (χ1v) is 6.88. The molecule has 1 saturated heterocycles. The van der Waals surface area contributed by atoms with Gasteiger partial charge in [-0.3, -0.25) is 0 Å². The summed E-state index contributed by atoms with van der Waals surface area (Å²) in [5, 5.41) is 0. The zero-order valence-corrected chi connectivity index (χ0v) is 11.7. The van der Waals surface area contributed by atoms with Gasteiger partial charge < -0.3 is 19.9 Å². The maximum atomic E-state index is 5.95. The molecule has 0 amide bonds. The lowest BCUT2D eigenvalue weighted by atomic mass is 10.1. The van der Waals surface area contributed by atoms with E-state index in [0.29, 0.717) is 12.7 Å². The fraction of sp³-hybridized carbons (Fsp3) is 0.600. The van der Waals surface area contributed by atoms with E-state index in [-0.39, 0.29) is 6.04 Å². The molecule has 2 N–H and O–H groups in total. The Hall–Kier alpha value is -1.26. The lowest BCUT2D eigenvalue weighted by molar-refractivity contribution is 0.0901. The minimum atomic E-state index is -0.0522. The van der Waals surface area contributed by atoms with Crippen molar-refractivity contribution in [3.63, 3.8) is 0 Å². The van der Waals surface area contributed by atoms with Gasteiger partial charge in [-0.25, -0.2) is 0 Å². The van der Waals surface area contributed by atoms with Crippen LogP contribution in [0.1, 0.15) is 37.8 Å². The number of ether oxygens (including phenoxy) is 3. The molecule has 1 aromatic rings. The highest BCUT2D eigenvalue weighted by Crippen LogP contribution is 2.29. The van der Waals surface area contributed by atoms with Crippen molar-refractivity contribution >= 4 is 0 Å². The fourth-order valence-corrected chi connectivity index (χ4v) is 2.32. The van der Waals surface area contributed by atoms with Crippen LogP contribution in [0, 0.1) is 0 Å². The first-order valence-electron chi connectivity index (χ1n) is 6.88. The van der Waals surface area contributed by atoms with Gasteiger partial charge in [0, 0.05) is 30.7 Å². The van der Waals surface area contributed by atoms with Crippen molar-refractivity contribution < 1.29 is 14.2 Å². The molecule has 4 heteroatoms. The molecule has 1 heterocycles. The molecule has 2 atom stereocenters. The minimum absolute atomic E-state index is 0.0522. The van der Waals surface area contributed by atoms with Crippen molar-refractivity contribution in [3.05, 3.63) is 23.8 Å². The van der Waals surface area contributed by atoms with Gasteiger partial charge in [0.15, 0.2) is 0 Å². The highest BCUT2D eigenvalue weighted by atomic mass is 16.5. The summed E-state index contributed by atoms with van der Waals surface area (Å²) in [6, 6.07) is 5.72. The van der Waals surface area contributed by atoms with Gasteiger partial charge in [0.2, 0.25) is 0 Å². The monoisotopic (exact) mass is 265 g/mol. The van der Waals surface area contributed by atoms with E-state index < -0.39 is 0 Å². The first kappa shape index (κ1) is 14.2. The maximum absolute atomic E-state index is 5.95. The standard InChI is InChI=1S/C15H23NO3/c1-11(16)14-6-5-13(17-2)10-15(14)19-9-7-12-4-3-8-18-12/h5-6,10-12H,3-4,7-9,16H2,1-2H3/t11-,12?/m0/s1. The Balaban J connectivity index is 1.96. The zero-order valence-electron chi connectivity index (χ0n) is 11.7. The molecule has 4 nitrogen and oxygen atoms in total. The Morgan fingerprint density at radius 3 is 2.95 bits per heavy atom. The van der Waals surface area contributed by atoms with E-state index in [1.54, 1.807) is 7.11 Å². The van der Waals surface area contributed by atoms with E-state index >= 15 is 0 Å². The van der Waals surface area contributed by atoms with Crippen LogP contribution >= 0.6 is 0 Å². The number of benzene rings is 1. The molecule has 19 heavy (non-hydrogen) atoms. The molecule has 1 aliphatic rings. The summed E-state index contributed by atoms with van der Waals surface area (Å²) in [5.41, 5.74) is 6.96. The average molecular weight is 265 g/mol. The van der Waals surface area contributed by atoms with Crippen LogP contribution in [-0.4, -0.2) is 26.4 Å². The third kappa shape index (κ3) is 3.85. The highest BCUT2D eigenvalue weighted by molar-refractivity contribution is 5.42. The molecule has 0 spiro atoms. The van der Waals surface area contributed by atoms with E-state index in [4.69, 9.17) is 19.9 Å². The number of methoxy groups -OCH3 is 1. The summed E-state index contributed by atoms with van der Waals surface area (Å²) >= 11 is 0. The van der Waals surface area contributed by atoms with Gasteiger partial charge in [-0.2, -0.15) is 0 Å².